The molecular formula is C28H22B2O4. The molecule has 0 N–H and O–H groups in total. The molecule has 2 aliphatic rings. The molecule has 0 saturated heterocycles. The van der Waals surface area contributed by atoms with E-state index in [1.807, 2.05) is 84.9 Å². The van der Waals surface area contributed by atoms with Gasteiger partial charge < -0.3 is 18.6 Å². The third kappa shape index (κ3) is 4.03. The zero-order chi connectivity index (χ0) is 22.7. The fourth-order valence-electron chi connectivity index (χ4n) is 4.46. The summed E-state index contributed by atoms with van der Waals surface area (Å²) in [5.41, 5.74) is 5.85. The first-order valence-corrected chi connectivity index (χ1v) is 11.4. The molecule has 4 aromatic rings. The van der Waals surface area contributed by atoms with Crippen LogP contribution in [0.15, 0.2) is 109 Å². The molecule has 2 heterocycles. The van der Waals surface area contributed by atoms with Gasteiger partial charge >= 0.3 is 14.2 Å². The quantitative estimate of drug-likeness (QED) is 0.292. The van der Waals surface area contributed by atoms with Crippen molar-refractivity contribution in [2.24, 2.45) is 0 Å². The predicted octanol–water partition coefficient (Wildman–Crippen LogP) is 5.87. The van der Waals surface area contributed by atoms with Crippen LogP contribution in [0.2, 0.25) is 0 Å². The highest BCUT2D eigenvalue weighted by Crippen LogP contribution is 2.38. The summed E-state index contributed by atoms with van der Waals surface area (Å²) in [5, 5.41) is 0. The number of hydrogen-bond donors (Lipinski definition) is 0. The van der Waals surface area contributed by atoms with E-state index in [4.69, 9.17) is 18.6 Å². The first-order valence-electron chi connectivity index (χ1n) is 11.4. The zero-order valence-corrected chi connectivity index (χ0v) is 18.6. The minimum absolute atomic E-state index is 0.467. The lowest BCUT2D eigenvalue weighted by Crippen LogP contribution is -2.38. The van der Waals surface area contributed by atoms with E-state index in [-0.39, 0.29) is 0 Å². The van der Waals surface area contributed by atoms with Crippen LogP contribution in [0.25, 0.3) is 10.9 Å². The van der Waals surface area contributed by atoms with Gasteiger partial charge in [-0.2, -0.15) is 0 Å². The maximum absolute atomic E-state index is 6.42. The van der Waals surface area contributed by atoms with Crippen LogP contribution in [-0.2, 0) is 22.5 Å². The maximum atomic E-state index is 6.42. The molecule has 6 heteroatoms. The molecular weight excluding hydrogens is 422 g/mol. The SMILES string of the molecule is c1ccc(/C(B2OCc3ccccc3O2)=C(/B2OCc3ccccc3O2)c2ccccc2)cc1. The molecule has 0 fully saturated rings. The lowest BCUT2D eigenvalue weighted by Gasteiger charge is -2.30. The molecule has 0 aromatic heterocycles. The fourth-order valence-corrected chi connectivity index (χ4v) is 4.46. The van der Waals surface area contributed by atoms with Crippen molar-refractivity contribution in [3.05, 3.63) is 131 Å². The summed E-state index contributed by atoms with van der Waals surface area (Å²) in [7, 11) is -1.23. The van der Waals surface area contributed by atoms with Gasteiger partial charge in [0.15, 0.2) is 0 Å². The summed E-state index contributed by atoms with van der Waals surface area (Å²) >= 11 is 0. The van der Waals surface area contributed by atoms with E-state index in [0.717, 1.165) is 44.7 Å². The number of hydrogen-bond acceptors (Lipinski definition) is 4. The van der Waals surface area contributed by atoms with Gasteiger partial charge in [-0.1, -0.05) is 97.1 Å². The van der Waals surface area contributed by atoms with Gasteiger partial charge in [0, 0.05) is 22.1 Å². The van der Waals surface area contributed by atoms with Crippen molar-refractivity contribution >= 4 is 25.2 Å². The van der Waals surface area contributed by atoms with Crippen LogP contribution in [0.4, 0.5) is 0 Å². The van der Waals surface area contributed by atoms with E-state index in [1.54, 1.807) is 0 Å². The molecule has 0 saturated carbocycles. The second kappa shape index (κ2) is 9.26. The van der Waals surface area contributed by atoms with Crippen LogP contribution in [-0.4, -0.2) is 14.2 Å². The Morgan fingerprint density at radius 2 is 0.853 bits per heavy atom. The van der Waals surface area contributed by atoms with Gasteiger partial charge in [0.05, 0.1) is 13.2 Å². The molecule has 0 radical (unpaired) electrons. The normalized spacial score (nSPS) is 15.4. The second-order valence-corrected chi connectivity index (χ2v) is 8.30. The van der Waals surface area contributed by atoms with Crippen LogP contribution in [0.3, 0.4) is 0 Å². The van der Waals surface area contributed by atoms with E-state index in [2.05, 4.69) is 24.3 Å². The Morgan fingerprint density at radius 3 is 1.29 bits per heavy atom. The molecule has 164 valence electrons. The average molecular weight is 444 g/mol. The van der Waals surface area contributed by atoms with E-state index < -0.39 is 14.2 Å². The Hall–Kier alpha value is -3.73. The van der Waals surface area contributed by atoms with Crippen LogP contribution < -0.4 is 9.31 Å². The molecule has 34 heavy (non-hydrogen) atoms. The van der Waals surface area contributed by atoms with E-state index in [0.29, 0.717) is 13.2 Å². The van der Waals surface area contributed by atoms with Gasteiger partial charge in [-0.25, -0.2) is 0 Å². The highest BCUT2D eigenvalue weighted by atomic mass is 16.6. The summed E-state index contributed by atoms with van der Waals surface area (Å²) < 4.78 is 25.4. The Labute approximate surface area is 200 Å². The first-order chi connectivity index (χ1) is 16.9. The van der Waals surface area contributed by atoms with E-state index in [9.17, 15) is 0 Å². The van der Waals surface area contributed by atoms with Crippen LogP contribution >= 0.6 is 0 Å². The van der Waals surface area contributed by atoms with Gasteiger partial charge in [0.1, 0.15) is 11.5 Å². The van der Waals surface area contributed by atoms with Crippen molar-refractivity contribution in [1.82, 2.24) is 0 Å². The van der Waals surface area contributed by atoms with Crippen LogP contribution in [0.5, 0.6) is 11.5 Å². The third-order valence-electron chi connectivity index (χ3n) is 6.12. The Morgan fingerprint density at radius 1 is 0.471 bits per heavy atom. The largest absolute Gasteiger partial charge is 0.563 e. The van der Waals surface area contributed by atoms with Gasteiger partial charge in [-0.15, -0.1) is 0 Å². The monoisotopic (exact) mass is 444 g/mol. The van der Waals surface area contributed by atoms with Crippen molar-refractivity contribution in [1.29, 1.82) is 0 Å². The van der Waals surface area contributed by atoms with Crippen LogP contribution in [0.1, 0.15) is 22.3 Å². The molecule has 6 rings (SSSR count). The molecule has 0 amide bonds. The first kappa shape index (κ1) is 20.8. The summed E-state index contributed by atoms with van der Waals surface area (Å²) in [5.74, 6) is 1.66. The lowest BCUT2D eigenvalue weighted by atomic mass is 9.59. The molecule has 0 aliphatic carbocycles. The highest BCUT2D eigenvalue weighted by Gasteiger charge is 2.41. The standard InChI is InChI=1S/C28H22B2O4/c1-3-11-21(12-4-1)27(29-31-19-23-15-7-9-17-25(23)33-29)28(22-13-5-2-6-14-22)30-32-20-24-16-8-10-18-26(24)34-30/h1-18H,19-20H2/b28-27-. The van der Waals surface area contributed by atoms with Crippen LogP contribution in [0, 0.1) is 0 Å². The summed E-state index contributed by atoms with van der Waals surface area (Å²) in [6.07, 6.45) is 0. The Kier molecular flexibility index (Phi) is 5.68. The average Bonchev–Trinajstić information content (AvgIpc) is 2.92. The molecule has 0 bridgehead atoms. The molecule has 0 atom stereocenters. The fraction of sp³-hybridized carbons (Fsp3) is 0.0714. The topological polar surface area (TPSA) is 36.9 Å². The predicted molar refractivity (Wildman–Crippen MR) is 135 cm³/mol. The smallest absolute Gasteiger partial charge is 0.532 e. The molecule has 0 spiro atoms. The van der Waals surface area contributed by atoms with Gasteiger partial charge in [-0.05, 0) is 23.3 Å². The number of benzene rings is 4. The zero-order valence-electron chi connectivity index (χ0n) is 18.6. The van der Waals surface area contributed by atoms with Crippen molar-refractivity contribution < 1.29 is 18.6 Å². The van der Waals surface area contributed by atoms with Crippen molar-refractivity contribution in [3.63, 3.8) is 0 Å². The van der Waals surface area contributed by atoms with E-state index >= 15 is 0 Å². The third-order valence-corrected chi connectivity index (χ3v) is 6.12. The van der Waals surface area contributed by atoms with Gasteiger partial charge in [0.25, 0.3) is 0 Å². The summed E-state index contributed by atoms with van der Waals surface area (Å²) in [6.45, 7) is 0.933. The van der Waals surface area contributed by atoms with E-state index in [1.165, 1.54) is 0 Å². The highest BCUT2D eigenvalue weighted by molar-refractivity contribution is 6.82. The van der Waals surface area contributed by atoms with Crippen molar-refractivity contribution in [2.45, 2.75) is 13.2 Å². The van der Waals surface area contributed by atoms with Crippen molar-refractivity contribution in [2.75, 3.05) is 0 Å². The number of fused-ring (bicyclic) bond motifs is 2. The number of rotatable bonds is 4. The minimum Gasteiger partial charge on any atom is -0.532 e. The molecule has 4 aromatic carbocycles. The maximum Gasteiger partial charge on any atom is 0.563 e. The Bertz CT molecular complexity index is 1220. The van der Waals surface area contributed by atoms with Gasteiger partial charge in [-0.3, -0.25) is 0 Å². The number of para-hydroxylation sites is 2. The minimum atomic E-state index is -0.614. The molecule has 0 unspecified atom stereocenters. The lowest BCUT2D eigenvalue weighted by molar-refractivity contribution is 0.236. The second-order valence-electron chi connectivity index (χ2n) is 8.30. The van der Waals surface area contributed by atoms with Gasteiger partial charge in [0.2, 0.25) is 0 Å². The molecule has 2 aliphatic heterocycles. The summed E-state index contributed by atoms with van der Waals surface area (Å²) in [4.78, 5) is 0. The van der Waals surface area contributed by atoms with Crippen molar-refractivity contribution in [3.8, 4) is 11.5 Å². The summed E-state index contributed by atoms with van der Waals surface area (Å²) in [6, 6.07) is 36.4. The molecule has 4 nitrogen and oxygen atoms in total. The Balaban J connectivity index is 1.53.